The molecule has 4 rings (SSSR count). The second-order valence-corrected chi connectivity index (χ2v) is 7.44. The van der Waals surface area contributed by atoms with Gasteiger partial charge in [-0.25, -0.2) is 4.79 Å². The predicted octanol–water partition coefficient (Wildman–Crippen LogP) is 3.82. The maximum Gasteiger partial charge on any atom is 0.323 e. The number of hydrogen-bond acceptors (Lipinski definition) is 2. The fraction of sp³-hybridized carbons (Fsp3) is 0.273. The summed E-state index contributed by atoms with van der Waals surface area (Å²) in [5.41, 5.74) is 7.58. The zero-order valence-corrected chi connectivity index (χ0v) is 15.8. The van der Waals surface area contributed by atoms with Gasteiger partial charge in [-0.1, -0.05) is 18.2 Å². The Balaban J connectivity index is 1.68. The summed E-state index contributed by atoms with van der Waals surface area (Å²) >= 11 is 0. The molecule has 1 amide bonds. The normalized spacial score (nSPS) is 14.6. The molecule has 0 spiro atoms. The van der Waals surface area contributed by atoms with Crippen LogP contribution in [0.15, 0.2) is 40.7 Å². The maximum absolute atomic E-state index is 12.2. The molecule has 5 nitrogen and oxygen atoms in total. The lowest BCUT2D eigenvalue weighted by Gasteiger charge is -2.12. The molecule has 3 N–H and O–H groups in total. The van der Waals surface area contributed by atoms with Gasteiger partial charge >= 0.3 is 5.69 Å². The van der Waals surface area contributed by atoms with Crippen molar-refractivity contribution in [2.75, 3.05) is 0 Å². The van der Waals surface area contributed by atoms with Crippen LogP contribution in [-0.2, 0) is 4.79 Å². The molecule has 0 aliphatic heterocycles. The summed E-state index contributed by atoms with van der Waals surface area (Å²) in [6, 6.07) is 10.5. The second-order valence-electron chi connectivity index (χ2n) is 7.44. The number of H-pyrrole nitrogens is 2. The van der Waals surface area contributed by atoms with E-state index in [-0.39, 0.29) is 11.6 Å². The molecule has 3 aromatic rings. The van der Waals surface area contributed by atoms with Crippen molar-refractivity contribution in [1.29, 1.82) is 0 Å². The number of carbonyl (C=O) groups excluding carboxylic acids is 1. The second kappa shape index (κ2) is 6.58. The monoisotopic (exact) mass is 361 g/mol. The van der Waals surface area contributed by atoms with Crippen LogP contribution in [0.3, 0.4) is 0 Å². The van der Waals surface area contributed by atoms with Gasteiger partial charge in [0.05, 0.1) is 11.0 Å². The number of nitrogens with one attached hydrogen (secondary N) is 3. The molecule has 0 bridgehead atoms. The minimum absolute atomic E-state index is 0.0143. The van der Waals surface area contributed by atoms with E-state index in [1.165, 1.54) is 0 Å². The molecule has 1 aliphatic rings. The first-order valence-corrected chi connectivity index (χ1v) is 9.23. The molecule has 27 heavy (non-hydrogen) atoms. The predicted molar refractivity (Wildman–Crippen MR) is 109 cm³/mol. The van der Waals surface area contributed by atoms with Crippen molar-refractivity contribution in [2.24, 2.45) is 0 Å². The van der Waals surface area contributed by atoms with Crippen molar-refractivity contribution < 1.29 is 4.79 Å². The first-order valence-electron chi connectivity index (χ1n) is 9.23. The lowest BCUT2D eigenvalue weighted by molar-refractivity contribution is -0.117. The standard InChI is InChI=1S/C22H23N3O2/c1-12-10-18(15-4-7-19-20(11-15)25-22(27)24-19)13(2)8-16(12)9-14(3)21(26)23-17-5-6-17/h4,7-11,17H,5-6H2,1-3H3,(H,23,26)(H2,24,25,27)/b14-9+. The fourth-order valence-corrected chi connectivity index (χ4v) is 3.33. The van der Waals surface area contributed by atoms with Crippen LogP contribution in [0.5, 0.6) is 0 Å². The topological polar surface area (TPSA) is 77.8 Å². The molecule has 138 valence electrons. The number of fused-ring (bicyclic) bond motifs is 1. The van der Waals surface area contributed by atoms with Gasteiger partial charge in [-0.3, -0.25) is 4.79 Å². The van der Waals surface area contributed by atoms with Crippen molar-refractivity contribution in [3.63, 3.8) is 0 Å². The number of rotatable bonds is 4. The van der Waals surface area contributed by atoms with E-state index in [2.05, 4.69) is 41.3 Å². The summed E-state index contributed by atoms with van der Waals surface area (Å²) < 4.78 is 0. The van der Waals surface area contributed by atoms with Gasteiger partial charge in [-0.05, 0) is 79.6 Å². The van der Waals surface area contributed by atoms with Crippen LogP contribution in [0.25, 0.3) is 28.2 Å². The van der Waals surface area contributed by atoms with Crippen LogP contribution in [-0.4, -0.2) is 21.9 Å². The largest absolute Gasteiger partial charge is 0.350 e. The minimum atomic E-state index is -0.199. The number of aromatic amines is 2. The highest BCUT2D eigenvalue weighted by Gasteiger charge is 2.23. The summed E-state index contributed by atoms with van der Waals surface area (Å²) in [4.78, 5) is 29.3. The van der Waals surface area contributed by atoms with Gasteiger partial charge in [0.25, 0.3) is 0 Å². The Morgan fingerprint density at radius 2 is 1.81 bits per heavy atom. The molecule has 0 saturated heterocycles. The third-order valence-corrected chi connectivity index (χ3v) is 5.08. The molecule has 1 saturated carbocycles. The van der Waals surface area contributed by atoms with Gasteiger partial charge in [-0.15, -0.1) is 0 Å². The van der Waals surface area contributed by atoms with E-state index in [4.69, 9.17) is 0 Å². The number of hydrogen-bond donors (Lipinski definition) is 3. The Bertz CT molecular complexity index is 1130. The summed E-state index contributed by atoms with van der Waals surface area (Å²) in [7, 11) is 0. The molecule has 5 heteroatoms. The first kappa shape index (κ1) is 17.3. The van der Waals surface area contributed by atoms with Crippen LogP contribution in [0.1, 0.15) is 36.5 Å². The van der Waals surface area contributed by atoms with Gasteiger partial charge in [0.1, 0.15) is 0 Å². The Labute approximate surface area is 157 Å². The molecule has 2 aromatic carbocycles. The summed E-state index contributed by atoms with van der Waals surface area (Å²) in [5.74, 6) is 0.0143. The number of imidazole rings is 1. The van der Waals surface area contributed by atoms with Crippen molar-refractivity contribution in [2.45, 2.75) is 39.7 Å². The summed E-state index contributed by atoms with van der Waals surface area (Å²) in [5, 5.41) is 3.02. The average Bonchev–Trinajstić information content (AvgIpc) is 3.35. The minimum Gasteiger partial charge on any atom is -0.350 e. The molecule has 0 atom stereocenters. The molecule has 1 fully saturated rings. The van der Waals surface area contributed by atoms with Crippen LogP contribution in [0.4, 0.5) is 0 Å². The van der Waals surface area contributed by atoms with Gasteiger partial charge < -0.3 is 15.3 Å². The van der Waals surface area contributed by atoms with Crippen molar-refractivity contribution in [1.82, 2.24) is 15.3 Å². The van der Waals surface area contributed by atoms with E-state index in [1.807, 2.05) is 31.2 Å². The zero-order chi connectivity index (χ0) is 19.1. The van der Waals surface area contributed by atoms with Crippen molar-refractivity contribution >= 4 is 23.0 Å². The molecule has 1 aromatic heterocycles. The molecular formula is C22H23N3O2. The van der Waals surface area contributed by atoms with Crippen LogP contribution < -0.4 is 11.0 Å². The first-order chi connectivity index (χ1) is 12.9. The van der Waals surface area contributed by atoms with E-state index in [1.54, 1.807) is 0 Å². The van der Waals surface area contributed by atoms with E-state index in [0.717, 1.165) is 57.3 Å². The van der Waals surface area contributed by atoms with Gasteiger partial charge in [0.15, 0.2) is 0 Å². The van der Waals surface area contributed by atoms with Crippen LogP contribution >= 0.6 is 0 Å². The van der Waals surface area contributed by atoms with Crippen molar-refractivity contribution in [3.8, 4) is 11.1 Å². The molecule has 1 heterocycles. The van der Waals surface area contributed by atoms with Crippen LogP contribution in [0, 0.1) is 13.8 Å². The van der Waals surface area contributed by atoms with Crippen LogP contribution in [0.2, 0.25) is 0 Å². The number of aryl methyl sites for hydroxylation is 2. The van der Waals surface area contributed by atoms with E-state index >= 15 is 0 Å². The van der Waals surface area contributed by atoms with Gasteiger partial charge in [0, 0.05) is 11.6 Å². The fourth-order valence-electron chi connectivity index (χ4n) is 3.33. The van der Waals surface area contributed by atoms with Gasteiger partial charge in [0.2, 0.25) is 5.91 Å². The SMILES string of the molecule is C/C(=C\c1cc(C)c(-c2ccc3[nH]c(=O)[nH]c3c2)cc1C)C(=O)NC1CC1. The Kier molecular flexibility index (Phi) is 4.22. The quantitative estimate of drug-likeness (QED) is 0.618. The van der Waals surface area contributed by atoms with E-state index in [0.29, 0.717) is 6.04 Å². The van der Waals surface area contributed by atoms with Crippen molar-refractivity contribution in [3.05, 3.63) is 63.1 Å². The summed E-state index contributed by atoms with van der Waals surface area (Å²) in [6.07, 6.45) is 4.13. The Hall–Kier alpha value is -3.08. The highest BCUT2D eigenvalue weighted by molar-refractivity contribution is 5.98. The average molecular weight is 361 g/mol. The summed E-state index contributed by atoms with van der Waals surface area (Å²) in [6.45, 7) is 5.98. The number of benzene rings is 2. The highest BCUT2D eigenvalue weighted by atomic mass is 16.2. The highest BCUT2D eigenvalue weighted by Crippen LogP contribution is 2.29. The lowest BCUT2D eigenvalue weighted by Crippen LogP contribution is -2.25. The number of amides is 1. The van der Waals surface area contributed by atoms with Gasteiger partial charge in [-0.2, -0.15) is 0 Å². The smallest absolute Gasteiger partial charge is 0.323 e. The number of aromatic nitrogens is 2. The number of carbonyl (C=O) groups is 1. The van der Waals surface area contributed by atoms with E-state index < -0.39 is 0 Å². The maximum atomic E-state index is 12.2. The molecule has 0 unspecified atom stereocenters. The van der Waals surface area contributed by atoms with E-state index in [9.17, 15) is 9.59 Å². The molecule has 1 aliphatic carbocycles. The lowest BCUT2D eigenvalue weighted by atomic mass is 9.94. The Morgan fingerprint density at radius 1 is 1.07 bits per heavy atom. The third kappa shape index (κ3) is 3.58. The zero-order valence-electron chi connectivity index (χ0n) is 15.8. The Morgan fingerprint density at radius 3 is 2.56 bits per heavy atom. The molecule has 0 radical (unpaired) electrons. The molecular weight excluding hydrogens is 338 g/mol. The third-order valence-electron chi connectivity index (χ3n) is 5.08.